The van der Waals surface area contributed by atoms with Crippen molar-refractivity contribution in [1.29, 1.82) is 0 Å². The van der Waals surface area contributed by atoms with E-state index in [0.29, 0.717) is 19.4 Å². The molecule has 0 saturated heterocycles. The lowest BCUT2D eigenvalue weighted by molar-refractivity contribution is -0.143. The van der Waals surface area contributed by atoms with Crippen LogP contribution >= 0.6 is 0 Å². The molecule has 0 rings (SSSR count). The second kappa shape index (κ2) is 51.0. The summed E-state index contributed by atoms with van der Waals surface area (Å²) in [5.41, 5.74) is 0. The van der Waals surface area contributed by atoms with Gasteiger partial charge in [-0.25, -0.2) is 0 Å². The molecule has 0 aliphatic rings. The Morgan fingerprint density at radius 3 is 1.16 bits per heavy atom. The van der Waals surface area contributed by atoms with Crippen LogP contribution in [0.25, 0.3) is 0 Å². The van der Waals surface area contributed by atoms with E-state index in [9.17, 15) is 19.8 Å². The predicted molar refractivity (Wildman–Crippen MR) is 264 cm³/mol. The van der Waals surface area contributed by atoms with Gasteiger partial charge in [-0.15, -0.1) is 0 Å². The minimum Gasteiger partial charge on any atom is -0.466 e. The van der Waals surface area contributed by atoms with Gasteiger partial charge in [0.1, 0.15) is 0 Å². The number of rotatable bonds is 50. The van der Waals surface area contributed by atoms with E-state index in [1.807, 2.05) is 6.08 Å². The number of nitrogens with one attached hydrogen (secondary N) is 1. The molecule has 1 amide bonds. The smallest absolute Gasteiger partial charge is 0.305 e. The summed E-state index contributed by atoms with van der Waals surface area (Å²) < 4.78 is 5.46. The third-order valence-electron chi connectivity index (χ3n) is 12.5. The van der Waals surface area contributed by atoms with E-state index in [0.717, 1.165) is 57.8 Å². The maximum absolute atomic E-state index is 12.4. The lowest BCUT2D eigenvalue weighted by Crippen LogP contribution is -2.45. The van der Waals surface area contributed by atoms with E-state index in [-0.39, 0.29) is 18.5 Å². The summed E-state index contributed by atoms with van der Waals surface area (Å²) in [5, 5.41) is 23.1. The fraction of sp³-hybridized carbons (Fsp3) is 0.891. The van der Waals surface area contributed by atoms with Crippen molar-refractivity contribution in [3.63, 3.8) is 0 Å². The standard InChI is InChI=1S/C55H105NO5/c1-3-5-7-9-11-13-15-17-19-21-22-23-25-27-31-35-39-43-47-53(58)52(51-57)56-54(59)48-44-40-36-32-29-30-34-38-42-46-50-61-55(60)49-45-41-37-33-28-26-24-20-18-16-14-12-10-8-6-4-2/h20,24,43,47,52-53,57-58H,3-19,21-23,25-42,44-46,48-51H2,1-2H3,(H,56,59)/b24-20-,47-43+. The highest BCUT2D eigenvalue weighted by atomic mass is 16.5. The molecule has 6 heteroatoms. The number of allylic oxidation sites excluding steroid dienone is 3. The van der Waals surface area contributed by atoms with Gasteiger partial charge in [-0.1, -0.05) is 244 Å². The monoisotopic (exact) mass is 860 g/mol. The van der Waals surface area contributed by atoms with E-state index in [1.165, 1.54) is 205 Å². The van der Waals surface area contributed by atoms with Crippen LogP contribution in [-0.2, 0) is 14.3 Å². The number of esters is 1. The first-order chi connectivity index (χ1) is 30.0. The normalized spacial score (nSPS) is 12.8. The lowest BCUT2D eigenvalue weighted by atomic mass is 10.0. The Morgan fingerprint density at radius 1 is 0.443 bits per heavy atom. The number of carbonyl (C=O) groups is 2. The Balaban J connectivity index is 3.51. The summed E-state index contributed by atoms with van der Waals surface area (Å²) in [6.07, 6.45) is 60.4. The number of aliphatic hydroxyl groups excluding tert-OH is 2. The van der Waals surface area contributed by atoms with E-state index in [1.54, 1.807) is 6.08 Å². The van der Waals surface area contributed by atoms with Crippen LogP contribution < -0.4 is 5.32 Å². The molecule has 61 heavy (non-hydrogen) atoms. The molecule has 0 aromatic rings. The van der Waals surface area contributed by atoms with Gasteiger partial charge in [-0.3, -0.25) is 9.59 Å². The molecule has 0 aliphatic carbocycles. The molecule has 2 unspecified atom stereocenters. The summed E-state index contributed by atoms with van der Waals surface area (Å²) in [5.74, 6) is -0.118. The maximum Gasteiger partial charge on any atom is 0.305 e. The summed E-state index contributed by atoms with van der Waals surface area (Å²) >= 11 is 0. The molecule has 0 aliphatic heterocycles. The fourth-order valence-corrected chi connectivity index (χ4v) is 8.27. The first-order valence-corrected chi connectivity index (χ1v) is 27.1. The molecule has 0 fully saturated rings. The fourth-order valence-electron chi connectivity index (χ4n) is 8.27. The third kappa shape index (κ3) is 47.7. The average Bonchev–Trinajstić information content (AvgIpc) is 3.26. The van der Waals surface area contributed by atoms with Gasteiger partial charge in [0.25, 0.3) is 0 Å². The van der Waals surface area contributed by atoms with E-state index in [4.69, 9.17) is 4.74 Å². The second-order valence-electron chi connectivity index (χ2n) is 18.6. The number of hydrogen-bond acceptors (Lipinski definition) is 5. The lowest BCUT2D eigenvalue weighted by Gasteiger charge is -2.20. The van der Waals surface area contributed by atoms with Gasteiger partial charge in [0.2, 0.25) is 5.91 Å². The second-order valence-corrected chi connectivity index (χ2v) is 18.6. The highest BCUT2D eigenvalue weighted by Crippen LogP contribution is 2.16. The maximum atomic E-state index is 12.4. The Morgan fingerprint density at radius 2 is 0.770 bits per heavy atom. The van der Waals surface area contributed by atoms with Crippen molar-refractivity contribution < 1.29 is 24.5 Å². The highest BCUT2D eigenvalue weighted by molar-refractivity contribution is 5.76. The van der Waals surface area contributed by atoms with Crippen LogP contribution in [-0.4, -0.2) is 47.4 Å². The Hall–Kier alpha value is -1.66. The van der Waals surface area contributed by atoms with E-state index >= 15 is 0 Å². The quantitative estimate of drug-likeness (QED) is 0.0322. The molecule has 0 radical (unpaired) electrons. The third-order valence-corrected chi connectivity index (χ3v) is 12.5. The number of aliphatic hydroxyl groups is 2. The van der Waals surface area contributed by atoms with Crippen LogP contribution in [0.1, 0.15) is 290 Å². The van der Waals surface area contributed by atoms with Gasteiger partial charge in [0.15, 0.2) is 0 Å². The molecule has 6 nitrogen and oxygen atoms in total. The van der Waals surface area contributed by atoms with Crippen molar-refractivity contribution in [2.24, 2.45) is 0 Å². The molecule has 0 heterocycles. The van der Waals surface area contributed by atoms with Crippen molar-refractivity contribution in [1.82, 2.24) is 5.32 Å². The molecular formula is C55H105NO5. The molecule has 0 aromatic carbocycles. The summed E-state index contributed by atoms with van der Waals surface area (Å²) in [6, 6.07) is -0.645. The largest absolute Gasteiger partial charge is 0.466 e. The number of carbonyl (C=O) groups excluding carboxylic acids is 2. The zero-order valence-corrected chi connectivity index (χ0v) is 40.9. The number of amides is 1. The molecule has 360 valence electrons. The molecule has 0 spiro atoms. The van der Waals surface area contributed by atoms with Gasteiger partial charge in [-0.05, 0) is 57.8 Å². The summed E-state index contributed by atoms with van der Waals surface area (Å²) in [4.78, 5) is 24.5. The van der Waals surface area contributed by atoms with Crippen LogP contribution in [0.2, 0.25) is 0 Å². The SMILES string of the molecule is CCCCCCCCC/C=C\CCCCCCCC(=O)OCCCCCCCCCCCCC(=O)NC(CO)C(O)/C=C/CCCCCCCCCCCCCCCCCC. The molecule has 0 saturated carbocycles. The highest BCUT2D eigenvalue weighted by Gasteiger charge is 2.18. The van der Waals surface area contributed by atoms with Crippen LogP contribution in [0.4, 0.5) is 0 Å². The molecule has 3 N–H and O–H groups in total. The number of ether oxygens (including phenoxy) is 1. The zero-order chi connectivity index (χ0) is 44.4. The van der Waals surface area contributed by atoms with Crippen LogP contribution in [0.5, 0.6) is 0 Å². The Bertz CT molecular complexity index is 951. The van der Waals surface area contributed by atoms with E-state index in [2.05, 4.69) is 31.3 Å². The van der Waals surface area contributed by atoms with Crippen molar-refractivity contribution in [3.8, 4) is 0 Å². The van der Waals surface area contributed by atoms with Crippen molar-refractivity contribution >= 4 is 11.9 Å². The first kappa shape index (κ1) is 59.3. The van der Waals surface area contributed by atoms with Gasteiger partial charge in [-0.2, -0.15) is 0 Å². The van der Waals surface area contributed by atoms with Gasteiger partial charge < -0.3 is 20.3 Å². The topological polar surface area (TPSA) is 95.9 Å². The zero-order valence-electron chi connectivity index (χ0n) is 40.9. The van der Waals surface area contributed by atoms with Crippen molar-refractivity contribution in [2.75, 3.05) is 13.2 Å². The molecule has 0 aromatic heterocycles. The predicted octanol–water partition coefficient (Wildman–Crippen LogP) is 16.3. The van der Waals surface area contributed by atoms with Gasteiger partial charge in [0, 0.05) is 12.8 Å². The van der Waals surface area contributed by atoms with Crippen LogP contribution in [0, 0.1) is 0 Å². The minimum atomic E-state index is -0.859. The minimum absolute atomic E-state index is 0.0280. The van der Waals surface area contributed by atoms with E-state index < -0.39 is 12.1 Å². The molecule has 2 atom stereocenters. The first-order valence-electron chi connectivity index (χ1n) is 27.1. The Labute approximate surface area is 380 Å². The van der Waals surface area contributed by atoms with Crippen LogP contribution in [0.3, 0.4) is 0 Å². The van der Waals surface area contributed by atoms with Gasteiger partial charge >= 0.3 is 5.97 Å². The average molecular weight is 860 g/mol. The number of hydrogen-bond donors (Lipinski definition) is 3. The summed E-state index contributed by atoms with van der Waals surface area (Å²) in [6.45, 7) is 4.85. The molecule has 0 bridgehead atoms. The van der Waals surface area contributed by atoms with Crippen molar-refractivity contribution in [2.45, 2.75) is 302 Å². The van der Waals surface area contributed by atoms with Crippen molar-refractivity contribution in [3.05, 3.63) is 24.3 Å². The summed E-state index contributed by atoms with van der Waals surface area (Å²) in [7, 11) is 0. The van der Waals surface area contributed by atoms with Gasteiger partial charge in [0.05, 0.1) is 25.4 Å². The molecular weight excluding hydrogens is 755 g/mol. The van der Waals surface area contributed by atoms with Crippen LogP contribution in [0.15, 0.2) is 24.3 Å². The number of unbranched alkanes of at least 4 members (excludes halogenated alkanes) is 37. The Kier molecular flexibility index (Phi) is 49.6.